The molecule has 0 aromatic rings. The smallest absolute Gasteiger partial charge is 0.0797 e. The minimum absolute atomic E-state index is 0.233. The number of rotatable bonds is 0. The SMILES string of the molecule is C=C1C(O)C(C)CCC(C)C1O. The van der Waals surface area contributed by atoms with Gasteiger partial charge in [0.25, 0.3) is 0 Å². The summed E-state index contributed by atoms with van der Waals surface area (Å²) >= 11 is 0. The van der Waals surface area contributed by atoms with Crippen LogP contribution < -0.4 is 0 Å². The van der Waals surface area contributed by atoms with Crippen molar-refractivity contribution < 1.29 is 10.2 Å². The van der Waals surface area contributed by atoms with Crippen LogP contribution in [0.4, 0.5) is 0 Å². The second-order valence-electron chi connectivity index (χ2n) is 4.00. The first-order valence-electron chi connectivity index (χ1n) is 4.59. The lowest BCUT2D eigenvalue weighted by molar-refractivity contribution is 0.107. The first-order chi connectivity index (χ1) is 5.54. The van der Waals surface area contributed by atoms with Gasteiger partial charge in [-0.05, 0) is 30.3 Å². The Kier molecular flexibility index (Phi) is 2.91. The Hall–Kier alpha value is -0.340. The summed E-state index contributed by atoms with van der Waals surface area (Å²) in [7, 11) is 0. The molecule has 2 nitrogen and oxygen atoms in total. The van der Waals surface area contributed by atoms with Crippen LogP contribution in [0.1, 0.15) is 26.7 Å². The Labute approximate surface area is 73.9 Å². The topological polar surface area (TPSA) is 40.5 Å². The van der Waals surface area contributed by atoms with E-state index in [0.717, 1.165) is 12.8 Å². The van der Waals surface area contributed by atoms with Gasteiger partial charge in [0.05, 0.1) is 12.2 Å². The van der Waals surface area contributed by atoms with Crippen molar-refractivity contribution in [2.45, 2.75) is 38.9 Å². The van der Waals surface area contributed by atoms with Crippen molar-refractivity contribution >= 4 is 0 Å². The van der Waals surface area contributed by atoms with Gasteiger partial charge >= 0.3 is 0 Å². The van der Waals surface area contributed by atoms with Gasteiger partial charge in [-0.1, -0.05) is 20.4 Å². The van der Waals surface area contributed by atoms with Crippen molar-refractivity contribution in [1.82, 2.24) is 0 Å². The van der Waals surface area contributed by atoms with Crippen LogP contribution in [-0.4, -0.2) is 22.4 Å². The van der Waals surface area contributed by atoms with E-state index in [1.54, 1.807) is 0 Å². The molecule has 1 aliphatic rings. The summed E-state index contributed by atoms with van der Waals surface area (Å²) in [6.07, 6.45) is 0.895. The highest BCUT2D eigenvalue weighted by atomic mass is 16.3. The zero-order chi connectivity index (χ0) is 9.30. The highest BCUT2D eigenvalue weighted by Gasteiger charge is 2.30. The summed E-state index contributed by atoms with van der Waals surface area (Å²) in [4.78, 5) is 0. The normalized spacial score (nSPS) is 44.2. The zero-order valence-electron chi connectivity index (χ0n) is 7.83. The van der Waals surface area contributed by atoms with Gasteiger partial charge in [-0.3, -0.25) is 0 Å². The molecule has 4 atom stereocenters. The molecule has 0 amide bonds. The van der Waals surface area contributed by atoms with Gasteiger partial charge in [-0.2, -0.15) is 0 Å². The molecule has 70 valence electrons. The molecule has 0 radical (unpaired) electrons. The van der Waals surface area contributed by atoms with E-state index in [1.807, 2.05) is 13.8 Å². The van der Waals surface area contributed by atoms with Crippen LogP contribution in [0, 0.1) is 11.8 Å². The van der Waals surface area contributed by atoms with Crippen molar-refractivity contribution in [2.24, 2.45) is 11.8 Å². The van der Waals surface area contributed by atoms with Crippen molar-refractivity contribution in [3.05, 3.63) is 12.2 Å². The quantitative estimate of drug-likeness (QED) is 0.425. The fourth-order valence-corrected chi connectivity index (χ4v) is 1.75. The lowest BCUT2D eigenvalue weighted by Crippen LogP contribution is -2.26. The molecule has 4 unspecified atom stereocenters. The molecular weight excluding hydrogens is 152 g/mol. The molecule has 0 spiro atoms. The Balaban J connectivity index is 2.75. The molecule has 1 aliphatic carbocycles. The van der Waals surface area contributed by atoms with Crippen LogP contribution in [0.3, 0.4) is 0 Å². The van der Waals surface area contributed by atoms with Gasteiger partial charge in [0, 0.05) is 0 Å². The summed E-state index contributed by atoms with van der Waals surface area (Å²) in [6.45, 7) is 7.74. The van der Waals surface area contributed by atoms with Crippen molar-refractivity contribution in [2.75, 3.05) is 0 Å². The molecule has 0 aliphatic heterocycles. The molecule has 1 rings (SSSR count). The third kappa shape index (κ3) is 1.70. The summed E-state index contributed by atoms with van der Waals surface area (Å²) in [5.74, 6) is 0.467. The van der Waals surface area contributed by atoms with Crippen LogP contribution in [0.2, 0.25) is 0 Å². The van der Waals surface area contributed by atoms with Crippen LogP contribution in [0.25, 0.3) is 0 Å². The van der Waals surface area contributed by atoms with Crippen molar-refractivity contribution in [3.63, 3.8) is 0 Å². The highest BCUT2D eigenvalue weighted by Crippen LogP contribution is 2.30. The monoisotopic (exact) mass is 170 g/mol. The highest BCUT2D eigenvalue weighted by molar-refractivity contribution is 5.12. The third-order valence-corrected chi connectivity index (χ3v) is 2.92. The molecule has 0 aromatic heterocycles. The molecule has 12 heavy (non-hydrogen) atoms. The Morgan fingerprint density at radius 1 is 1.08 bits per heavy atom. The summed E-state index contributed by atoms with van der Waals surface area (Å²) in [6, 6.07) is 0. The lowest BCUT2D eigenvalue weighted by Gasteiger charge is -2.20. The van der Waals surface area contributed by atoms with Crippen LogP contribution in [0.15, 0.2) is 12.2 Å². The predicted molar refractivity (Wildman–Crippen MR) is 48.7 cm³/mol. The van der Waals surface area contributed by atoms with E-state index in [0.29, 0.717) is 5.57 Å². The Morgan fingerprint density at radius 2 is 1.42 bits per heavy atom. The van der Waals surface area contributed by atoms with E-state index in [4.69, 9.17) is 0 Å². The molecule has 1 saturated carbocycles. The average Bonchev–Trinajstić information content (AvgIpc) is 2.14. The van der Waals surface area contributed by atoms with E-state index in [2.05, 4.69) is 6.58 Å². The van der Waals surface area contributed by atoms with Crippen LogP contribution in [0.5, 0.6) is 0 Å². The number of aliphatic hydroxyl groups is 2. The molecule has 0 saturated heterocycles. The second kappa shape index (κ2) is 3.58. The molecule has 0 heterocycles. The maximum atomic E-state index is 9.65. The van der Waals surface area contributed by atoms with E-state index in [-0.39, 0.29) is 11.8 Å². The van der Waals surface area contributed by atoms with E-state index >= 15 is 0 Å². The summed E-state index contributed by atoms with van der Waals surface area (Å²) < 4.78 is 0. The van der Waals surface area contributed by atoms with Gasteiger partial charge in [0.2, 0.25) is 0 Å². The third-order valence-electron chi connectivity index (χ3n) is 2.92. The number of hydrogen-bond acceptors (Lipinski definition) is 2. The van der Waals surface area contributed by atoms with E-state index < -0.39 is 12.2 Å². The average molecular weight is 170 g/mol. The molecule has 1 fully saturated rings. The maximum Gasteiger partial charge on any atom is 0.0797 e. The minimum atomic E-state index is -0.523. The molecule has 2 N–H and O–H groups in total. The van der Waals surface area contributed by atoms with Gasteiger partial charge in [-0.15, -0.1) is 0 Å². The van der Waals surface area contributed by atoms with Gasteiger partial charge in [-0.25, -0.2) is 0 Å². The first-order valence-corrected chi connectivity index (χ1v) is 4.59. The second-order valence-corrected chi connectivity index (χ2v) is 4.00. The van der Waals surface area contributed by atoms with Gasteiger partial charge < -0.3 is 10.2 Å². The molecule has 0 bridgehead atoms. The van der Waals surface area contributed by atoms with E-state index in [1.165, 1.54) is 0 Å². The van der Waals surface area contributed by atoms with Crippen molar-refractivity contribution in [1.29, 1.82) is 0 Å². The standard InChI is InChI=1S/C10H18O2/c1-6-4-5-7(2)10(12)8(3)9(6)11/h6-7,9-12H,3-5H2,1-2H3. The van der Waals surface area contributed by atoms with Crippen LogP contribution >= 0.6 is 0 Å². The summed E-state index contributed by atoms with van der Waals surface area (Å²) in [5.41, 5.74) is 0.590. The number of hydrogen-bond donors (Lipinski definition) is 2. The molecular formula is C10H18O2. The fraction of sp³-hybridized carbons (Fsp3) is 0.800. The summed E-state index contributed by atoms with van der Waals surface area (Å²) in [5, 5.41) is 19.3. The van der Waals surface area contributed by atoms with Crippen molar-refractivity contribution in [3.8, 4) is 0 Å². The zero-order valence-corrected chi connectivity index (χ0v) is 7.83. The Bertz CT molecular complexity index is 159. The van der Waals surface area contributed by atoms with E-state index in [9.17, 15) is 10.2 Å². The predicted octanol–water partition coefficient (Wildman–Crippen LogP) is 1.33. The Morgan fingerprint density at radius 3 is 1.75 bits per heavy atom. The maximum absolute atomic E-state index is 9.65. The minimum Gasteiger partial charge on any atom is -0.388 e. The number of aliphatic hydroxyl groups excluding tert-OH is 2. The largest absolute Gasteiger partial charge is 0.388 e. The molecule has 2 heteroatoms. The first kappa shape index (κ1) is 9.75. The van der Waals surface area contributed by atoms with Gasteiger partial charge in [0.15, 0.2) is 0 Å². The fourth-order valence-electron chi connectivity index (χ4n) is 1.75. The van der Waals surface area contributed by atoms with Crippen LogP contribution in [-0.2, 0) is 0 Å². The van der Waals surface area contributed by atoms with Gasteiger partial charge in [0.1, 0.15) is 0 Å². The lowest BCUT2D eigenvalue weighted by atomic mass is 9.95. The molecule has 0 aromatic carbocycles.